The van der Waals surface area contributed by atoms with E-state index in [2.05, 4.69) is 15.5 Å². The molecule has 0 bridgehead atoms. The van der Waals surface area contributed by atoms with E-state index in [0.717, 1.165) is 0 Å². The second-order valence-corrected chi connectivity index (χ2v) is 5.62. The summed E-state index contributed by atoms with van der Waals surface area (Å²) in [4.78, 5) is 15.9. The van der Waals surface area contributed by atoms with Gasteiger partial charge in [-0.3, -0.25) is 4.79 Å². The molecule has 23 heavy (non-hydrogen) atoms. The molecule has 0 aliphatic carbocycles. The number of aryl methyl sites for hydroxylation is 2. The lowest BCUT2D eigenvalue weighted by Gasteiger charge is -2.09. The van der Waals surface area contributed by atoms with Crippen LogP contribution in [0.3, 0.4) is 0 Å². The summed E-state index contributed by atoms with van der Waals surface area (Å²) in [6, 6.07) is 4.76. The molecule has 0 radical (unpaired) electrons. The largest absolute Gasteiger partial charge is 0.356 e. The van der Waals surface area contributed by atoms with Crippen molar-refractivity contribution in [2.24, 2.45) is 11.7 Å². The predicted molar refractivity (Wildman–Crippen MR) is 84.0 cm³/mol. The van der Waals surface area contributed by atoms with Crippen LogP contribution in [0.4, 0.5) is 4.39 Å². The van der Waals surface area contributed by atoms with Gasteiger partial charge in [0.1, 0.15) is 5.82 Å². The van der Waals surface area contributed by atoms with E-state index in [4.69, 9.17) is 10.3 Å². The lowest BCUT2D eigenvalue weighted by atomic mass is 10.1. The van der Waals surface area contributed by atoms with E-state index in [1.165, 1.54) is 6.07 Å². The molecule has 1 heterocycles. The van der Waals surface area contributed by atoms with Gasteiger partial charge in [0.25, 0.3) is 0 Å². The van der Waals surface area contributed by atoms with Crippen molar-refractivity contribution in [3.8, 4) is 11.4 Å². The van der Waals surface area contributed by atoms with Gasteiger partial charge < -0.3 is 15.6 Å². The number of rotatable bonds is 7. The van der Waals surface area contributed by atoms with E-state index in [-0.39, 0.29) is 24.1 Å². The number of halogens is 1. The van der Waals surface area contributed by atoms with Gasteiger partial charge in [-0.25, -0.2) is 4.39 Å². The van der Waals surface area contributed by atoms with Gasteiger partial charge in [-0.15, -0.1) is 0 Å². The minimum atomic E-state index is -0.317. The Kier molecular flexibility index (Phi) is 5.81. The van der Waals surface area contributed by atoms with E-state index in [1.807, 2.05) is 6.92 Å². The number of aromatic nitrogens is 2. The summed E-state index contributed by atoms with van der Waals surface area (Å²) in [5.74, 6) is 0.498. The Morgan fingerprint density at radius 2 is 2.26 bits per heavy atom. The molecule has 0 saturated heterocycles. The van der Waals surface area contributed by atoms with E-state index in [0.29, 0.717) is 42.4 Å². The molecule has 0 aliphatic rings. The van der Waals surface area contributed by atoms with E-state index in [9.17, 15) is 9.18 Å². The lowest BCUT2D eigenvalue weighted by molar-refractivity contribution is -0.121. The van der Waals surface area contributed by atoms with Crippen molar-refractivity contribution in [1.29, 1.82) is 0 Å². The highest BCUT2D eigenvalue weighted by Crippen LogP contribution is 2.19. The second kappa shape index (κ2) is 7.82. The Labute approximate surface area is 134 Å². The topological polar surface area (TPSA) is 94.0 Å². The second-order valence-electron chi connectivity index (χ2n) is 5.62. The van der Waals surface area contributed by atoms with E-state index in [1.54, 1.807) is 19.1 Å². The highest BCUT2D eigenvalue weighted by molar-refractivity contribution is 5.76. The number of amides is 1. The average molecular weight is 320 g/mol. The number of carbonyl (C=O) groups excluding carboxylic acids is 1. The Morgan fingerprint density at radius 1 is 1.48 bits per heavy atom. The molecular formula is C16H21FN4O2. The highest BCUT2D eigenvalue weighted by atomic mass is 19.1. The fourth-order valence-corrected chi connectivity index (χ4v) is 1.89. The molecule has 0 spiro atoms. The predicted octanol–water partition coefficient (Wildman–Crippen LogP) is 1.83. The molecule has 2 rings (SSSR count). The molecule has 1 aromatic carbocycles. The number of nitrogens with zero attached hydrogens (tertiary/aromatic N) is 2. The van der Waals surface area contributed by atoms with Gasteiger partial charge in [0, 0.05) is 24.9 Å². The van der Waals surface area contributed by atoms with E-state index >= 15 is 0 Å². The average Bonchev–Trinajstić information content (AvgIpc) is 3.02. The molecule has 3 N–H and O–H groups in total. The summed E-state index contributed by atoms with van der Waals surface area (Å²) in [5.41, 5.74) is 6.59. The molecule has 6 nitrogen and oxygen atoms in total. The maximum Gasteiger partial charge on any atom is 0.227 e. The Bertz CT molecular complexity index is 672. The fourth-order valence-electron chi connectivity index (χ4n) is 1.89. The molecule has 1 amide bonds. The van der Waals surface area contributed by atoms with Crippen LogP contribution < -0.4 is 11.1 Å². The molecule has 1 atom stereocenters. The first-order chi connectivity index (χ1) is 11.0. The van der Waals surface area contributed by atoms with Gasteiger partial charge in [0.2, 0.25) is 17.6 Å². The summed E-state index contributed by atoms with van der Waals surface area (Å²) in [6.45, 7) is 4.73. The Hall–Kier alpha value is -2.28. The summed E-state index contributed by atoms with van der Waals surface area (Å²) < 4.78 is 18.7. The molecule has 1 unspecified atom stereocenters. The third kappa shape index (κ3) is 4.85. The van der Waals surface area contributed by atoms with Crippen molar-refractivity contribution in [2.45, 2.75) is 26.7 Å². The van der Waals surface area contributed by atoms with Crippen molar-refractivity contribution in [1.82, 2.24) is 15.5 Å². The zero-order chi connectivity index (χ0) is 16.8. The van der Waals surface area contributed by atoms with Crippen LogP contribution in [-0.2, 0) is 11.2 Å². The first kappa shape index (κ1) is 17.1. The Balaban J connectivity index is 1.89. The first-order valence-electron chi connectivity index (χ1n) is 7.55. The van der Waals surface area contributed by atoms with Crippen LogP contribution in [-0.4, -0.2) is 29.1 Å². The van der Waals surface area contributed by atoms with Crippen LogP contribution in [0.2, 0.25) is 0 Å². The van der Waals surface area contributed by atoms with Crippen molar-refractivity contribution in [3.63, 3.8) is 0 Å². The number of hydrogen-bond acceptors (Lipinski definition) is 5. The number of hydrogen-bond donors (Lipinski definition) is 2. The number of nitrogens with two attached hydrogens (primary N) is 1. The number of benzene rings is 1. The molecule has 1 aromatic heterocycles. The third-order valence-electron chi connectivity index (χ3n) is 3.51. The van der Waals surface area contributed by atoms with Gasteiger partial charge >= 0.3 is 0 Å². The van der Waals surface area contributed by atoms with Gasteiger partial charge in [-0.2, -0.15) is 4.98 Å². The highest BCUT2D eigenvalue weighted by Gasteiger charge is 2.12. The molecule has 7 heteroatoms. The lowest BCUT2D eigenvalue weighted by Crippen LogP contribution is -2.31. The van der Waals surface area contributed by atoms with Crippen LogP contribution in [0.5, 0.6) is 0 Å². The monoisotopic (exact) mass is 320 g/mol. The standard InChI is InChI=1S/C16H21FN4O2/c1-10(8-18)9-19-14(22)5-6-15-20-16(21-23-15)12-4-3-11(2)13(17)7-12/h3-4,7,10H,5-6,8-9,18H2,1-2H3,(H,19,22). The van der Waals surface area contributed by atoms with Crippen molar-refractivity contribution in [3.05, 3.63) is 35.5 Å². The zero-order valence-corrected chi connectivity index (χ0v) is 13.3. The van der Waals surface area contributed by atoms with Crippen LogP contribution in [0.25, 0.3) is 11.4 Å². The quantitative estimate of drug-likeness (QED) is 0.811. The smallest absolute Gasteiger partial charge is 0.227 e. The molecule has 0 saturated carbocycles. The molecule has 0 fully saturated rings. The summed E-state index contributed by atoms with van der Waals surface area (Å²) in [5, 5.41) is 6.62. The normalized spacial score (nSPS) is 12.2. The van der Waals surface area contributed by atoms with E-state index < -0.39 is 0 Å². The first-order valence-corrected chi connectivity index (χ1v) is 7.55. The molecule has 124 valence electrons. The summed E-state index contributed by atoms with van der Waals surface area (Å²) in [6.07, 6.45) is 0.589. The number of carbonyl (C=O) groups is 1. The molecule has 0 aliphatic heterocycles. The van der Waals surface area contributed by atoms with Gasteiger partial charge in [-0.05, 0) is 31.0 Å². The minimum Gasteiger partial charge on any atom is -0.356 e. The SMILES string of the molecule is Cc1ccc(-c2noc(CCC(=O)NCC(C)CN)n2)cc1F. The maximum absolute atomic E-state index is 13.6. The minimum absolute atomic E-state index is 0.0913. The summed E-state index contributed by atoms with van der Waals surface area (Å²) >= 11 is 0. The van der Waals surface area contributed by atoms with Crippen molar-refractivity contribution in [2.75, 3.05) is 13.1 Å². The number of nitrogens with one attached hydrogen (secondary N) is 1. The van der Waals surface area contributed by atoms with Crippen LogP contribution in [0.15, 0.2) is 22.7 Å². The van der Waals surface area contributed by atoms with Crippen molar-refractivity contribution < 1.29 is 13.7 Å². The third-order valence-corrected chi connectivity index (χ3v) is 3.51. The Morgan fingerprint density at radius 3 is 2.96 bits per heavy atom. The van der Waals surface area contributed by atoms with Crippen LogP contribution >= 0.6 is 0 Å². The zero-order valence-electron chi connectivity index (χ0n) is 13.3. The summed E-state index contributed by atoms with van der Waals surface area (Å²) in [7, 11) is 0. The van der Waals surface area contributed by atoms with Gasteiger partial charge in [0.15, 0.2) is 0 Å². The van der Waals surface area contributed by atoms with Crippen molar-refractivity contribution >= 4 is 5.91 Å². The molecular weight excluding hydrogens is 299 g/mol. The molecule has 2 aromatic rings. The van der Waals surface area contributed by atoms with Gasteiger partial charge in [-0.1, -0.05) is 24.2 Å². The fraction of sp³-hybridized carbons (Fsp3) is 0.438. The van der Waals surface area contributed by atoms with Gasteiger partial charge in [0.05, 0.1) is 0 Å². The van der Waals surface area contributed by atoms with Crippen LogP contribution in [0.1, 0.15) is 24.8 Å². The maximum atomic E-state index is 13.6. The van der Waals surface area contributed by atoms with Crippen LogP contribution in [0, 0.1) is 18.7 Å².